The van der Waals surface area contributed by atoms with Gasteiger partial charge in [0.05, 0.1) is 20.8 Å². The maximum absolute atomic E-state index is 13.2. The molecule has 5 rings (SSSR count). The number of carbonyl (C=O) groups is 2. The molecule has 0 aliphatic carbocycles. The quantitative estimate of drug-likeness (QED) is 0.0772. The molecule has 47 heavy (non-hydrogen) atoms. The number of aryl methyl sites for hydroxylation is 1. The van der Waals surface area contributed by atoms with Gasteiger partial charge >= 0.3 is 41.5 Å². The van der Waals surface area contributed by atoms with E-state index in [1.165, 1.54) is 20.3 Å². The van der Waals surface area contributed by atoms with Gasteiger partial charge in [-0.2, -0.15) is 0 Å². The molecule has 2 heterocycles. The zero-order valence-electron chi connectivity index (χ0n) is 26.2. The van der Waals surface area contributed by atoms with Crippen molar-refractivity contribution in [3.05, 3.63) is 82.8 Å². The fourth-order valence-electron chi connectivity index (χ4n) is 4.77. The van der Waals surface area contributed by atoms with Gasteiger partial charge in [-0.1, -0.05) is 37.3 Å². The number of hydrogen-bond acceptors (Lipinski definition) is 13. The average Bonchev–Trinajstić information content (AvgIpc) is 3.55. The molecule has 0 saturated heterocycles. The van der Waals surface area contributed by atoms with Crippen molar-refractivity contribution in [1.29, 1.82) is 0 Å². The van der Waals surface area contributed by atoms with Gasteiger partial charge in [0, 0.05) is 22.9 Å². The van der Waals surface area contributed by atoms with Crippen LogP contribution in [0.5, 0.6) is 23.0 Å². The Kier molecular flexibility index (Phi) is 11.5. The van der Waals surface area contributed by atoms with Crippen molar-refractivity contribution in [1.82, 2.24) is 0 Å². The maximum atomic E-state index is 13.2. The van der Waals surface area contributed by atoms with Crippen molar-refractivity contribution >= 4 is 44.3 Å². The first-order valence-electron chi connectivity index (χ1n) is 13.9. The van der Waals surface area contributed by atoms with Crippen LogP contribution in [-0.2, 0) is 33.1 Å². The Morgan fingerprint density at radius 3 is 2.02 bits per heavy atom. The van der Waals surface area contributed by atoms with Gasteiger partial charge < -0.3 is 41.3 Å². The van der Waals surface area contributed by atoms with Crippen LogP contribution in [0.3, 0.4) is 0 Å². The second-order valence-electron chi connectivity index (χ2n) is 9.91. The molecule has 0 fully saturated rings. The molecule has 0 aliphatic rings. The van der Waals surface area contributed by atoms with Crippen LogP contribution >= 0.6 is 0 Å². The van der Waals surface area contributed by atoms with E-state index in [0.717, 1.165) is 11.6 Å². The summed E-state index contributed by atoms with van der Waals surface area (Å²) >= 11 is 0. The van der Waals surface area contributed by atoms with E-state index in [-0.39, 0.29) is 94.5 Å². The van der Waals surface area contributed by atoms with E-state index in [1.54, 1.807) is 19.1 Å². The van der Waals surface area contributed by atoms with Crippen LogP contribution in [0.15, 0.2) is 63.4 Å². The summed E-state index contributed by atoms with van der Waals surface area (Å²) in [5.74, 6) is -1.17. The van der Waals surface area contributed by atoms with Crippen molar-refractivity contribution < 1.29 is 88.8 Å². The minimum absolute atomic E-state index is 0. The predicted molar refractivity (Wildman–Crippen MR) is 161 cm³/mol. The largest absolute Gasteiger partial charge is 1.00 e. The van der Waals surface area contributed by atoms with Gasteiger partial charge in [0.25, 0.3) is 10.4 Å². The zero-order valence-corrected chi connectivity index (χ0v) is 29.1. The number of carbonyl (C=O) groups excluding carboxylic acids is 2. The van der Waals surface area contributed by atoms with Crippen LogP contribution in [0, 0.1) is 6.92 Å². The summed E-state index contributed by atoms with van der Waals surface area (Å²) in [6.07, 6.45) is 0.529. The molecule has 0 spiro atoms. The normalized spacial score (nSPS) is 11.2. The number of esters is 2. The van der Waals surface area contributed by atoms with Gasteiger partial charge in [0.2, 0.25) is 0 Å². The number of benzene rings is 3. The summed E-state index contributed by atoms with van der Waals surface area (Å²) in [7, 11) is -2.51. The Hall–Kier alpha value is -4.21. The molecule has 0 atom stereocenters. The molecular weight excluding hydrogens is 647 g/mol. The summed E-state index contributed by atoms with van der Waals surface area (Å²) < 4.78 is 77.9. The van der Waals surface area contributed by atoms with E-state index >= 15 is 0 Å². The molecule has 0 amide bonds. The summed E-state index contributed by atoms with van der Waals surface area (Å²) in [6, 6.07) is 14.7. The van der Waals surface area contributed by atoms with E-state index in [2.05, 4.69) is 4.18 Å². The summed E-state index contributed by atoms with van der Waals surface area (Å²) in [6.45, 7) is 3.27. The second-order valence-corrected chi connectivity index (χ2v) is 10.9. The molecule has 0 saturated carbocycles. The summed E-state index contributed by atoms with van der Waals surface area (Å²) in [5.41, 5.74) is 1.40. The Labute approximate surface area is 291 Å². The first kappa shape index (κ1) is 35.6. The molecule has 5 aromatic rings. The summed E-state index contributed by atoms with van der Waals surface area (Å²) in [4.78, 5) is 26.3. The van der Waals surface area contributed by atoms with Gasteiger partial charge in [-0.05, 0) is 31.0 Å². The average molecular weight is 677 g/mol. The minimum Gasteiger partial charge on any atom is -0.716 e. The number of methoxy groups -OCH3 is 2. The third-order valence-corrected chi connectivity index (χ3v) is 7.19. The standard InChI is InChI=1S/C32H30O13S.Na/c1-5-11-40-32(34)30-21-13-27(45-46(35,36)37)25(39-4)15-23(21)44-28(30)17-41-26-12-20-22(14-24(26)38-3)43-18(2)29(20)31(33)42-16-19-9-7-6-8-10-19;/h6-10,12-15H,5,11,16-17H2,1-4H3,(H,35,36,37);/q;+1/p-1. The van der Waals surface area contributed by atoms with E-state index in [9.17, 15) is 22.6 Å². The smallest absolute Gasteiger partial charge is 0.716 e. The Bertz CT molecular complexity index is 2010. The maximum Gasteiger partial charge on any atom is 1.00 e. The Morgan fingerprint density at radius 2 is 1.38 bits per heavy atom. The van der Waals surface area contributed by atoms with Crippen molar-refractivity contribution in [3.8, 4) is 23.0 Å². The predicted octanol–water partition coefficient (Wildman–Crippen LogP) is 2.85. The van der Waals surface area contributed by atoms with Crippen LogP contribution in [0.2, 0.25) is 0 Å². The number of furan rings is 2. The first-order chi connectivity index (χ1) is 22.0. The first-order valence-corrected chi connectivity index (χ1v) is 15.3. The Balaban J connectivity index is 0.00000500. The SMILES string of the molecule is CCCOC(=O)c1c(COc2cc3c(C(=O)OCc4ccccc4)c(C)oc3cc2OC)oc2cc(OC)c(OS(=O)(=O)[O-])cc12.[Na+]. The molecule has 2 aromatic heterocycles. The molecule has 0 unspecified atom stereocenters. The van der Waals surface area contributed by atoms with Crippen LogP contribution in [0.4, 0.5) is 0 Å². The molecule has 3 aromatic carbocycles. The number of rotatable bonds is 13. The fraction of sp³-hybridized carbons (Fsp3) is 0.250. The van der Waals surface area contributed by atoms with Gasteiger partial charge in [-0.15, -0.1) is 0 Å². The zero-order chi connectivity index (χ0) is 33.0. The molecule has 13 nitrogen and oxygen atoms in total. The van der Waals surface area contributed by atoms with Crippen LogP contribution < -0.4 is 48.0 Å². The molecule has 0 radical (unpaired) electrons. The minimum atomic E-state index is -5.17. The van der Waals surface area contributed by atoms with Gasteiger partial charge in [-0.3, -0.25) is 0 Å². The van der Waals surface area contributed by atoms with Crippen molar-refractivity contribution in [2.75, 3.05) is 20.8 Å². The van der Waals surface area contributed by atoms with Crippen molar-refractivity contribution in [3.63, 3.8) is 0 Å². The van der Waals surface area contributed by atoms with E-state index in [0.29, 0.717) is 23.2 Å². The molecular formula is C32H29NaO13S. The monoisotopic (exact) mass is 676 g/mol. The van der Waals surface area contributed by atoms with Gasteiger partial charge in [0.1, 0.15) is 41.3 Å². The van der Waals surface area contributed by atoms with Crippen molar-refractivity contribution in [2.24, 2.45) is 0 Å². The van der Waals surface area contributed by atoms with Crippen molar-refractivity contribution in [2.45, 2.75) is 33.5 Å². The molecule has 15 heteroatoms. The molecule has 242 valence electrons. The fourth-order valence-corrected chi connectivity index (χ4v) is 5.12. The third-order valence-electron chi connectivity index (χ3n) is 6.81. The van der Waals surface area contributed by atoms with Crippen LogP contribution in [0.25, 0.3) is 21.9 Å². The topological polar surface area (TPSA) is 173 Å². The third kappa shape index (κ3) is 8.03. The van der Waals surface area contributed by atoms with E-state index in [4.69, 9.17) is 32.5 Å². The molecule has 0 aliphatic heterocycles. The van der Waals surface area contributed by atoms with E-state index in [1.807, 2.05) is 37.3 Å². The Morgan fingerprint density at radius 1 is 0.787 bits per heavy atom. The number of ether oxygens (including phenoxy) is 5. The molecule has 0 N–H and O–H groups in total. The second kappa shape index (κ2) is 15.1. The van der Waals surface area contributed by atoms with Crippen LogP contribution in [-0.4, -0.2) is 45.7 Å². The van der Waals surface area contributed by atoms with E-state index < -0.39 is 28.1 Å². The summed E-state index contributed by atoms with van der Waals surface area (Å²) in [5, 5.41) is 0.499. The molecule has 0 bridgehead atoms. The van der Waals surface area contributed by atoms with Gasteiger partial charge in [-0.25, -0.2) is 18.0 Å². The van der Waals surface area contributed by atoms with Crippen LogP contribution in [0.1, 0.15) is 51.1 Å². The number of hydrogen-bond donors (Lipinski definition) is 0. The number of fused-ring (bicyclic) bond motifs is 2. The van der Waals surface area contributed by atoms with Gasteiger partial charge in [0.15, 0.2) is 28.8 Å².